The van der Waals surface area contributed by atoms with E-state index < -0.39 is 0 Å². The van der Waals surface area contributed by atoms with Crippen molar-refractivity contribution in [3.63, 3.8) is 0 Å². The smallest absolute Gasteiger partial charge is 0.255 e. The fourth-order valence-corrected chi connectivity index (χ4v) is 3.48. The van der Waals surface area contributed by atoms with Crippen LogP contribution >= 0.6 is 11.3 Å². The summed E-state index contributed by atoms with van der Waals surface area (Å²) >= 11 is 1.58. The van der Waals surface area contributed by atoms with E-state index in [0.717, 1.165) is 41.2 Å². The van der Waals surface area contributed by atoms with Crippen LogP contribution in [0.2, 0.25) is 0 Å². The SMILES string of the molecule is O=c1[nH]c(-c2cccs2)nc2c1CN(Cc1cncnc1)CC2. The van der Waals surface area contributed by atoms with Crippen LogP contribution in [0, 0.1) is 0 Å². The molecule has 6 nitrogen and oxygen atoms in total. The molecule has 0 radical (unpaired) electrons. The summed E-state index contributed by atoms with van der Waals surface area (Å²) in [4.78, 5) is 31.3. The Kier molecular flexibility index (Phi) is 3.72. The Balaban J connectivity index is 1.59. The van der Waals surface area contributed by atoms with E-state index in [4.69, 9.17) is 0 Å². The monoisotopic (exact) mass is 325 g/mol. The first kappa shape index (κ1) is 14.2. The molecular formula is C16H15N5OS. The highest BCUT2D eigenvalue weighted by atomic mass is 32.1. The molecule has 23 heavy (non-hydrogen) atoms. The number of aromatic nitrogens is 4. The van der Waals surface area contributed by atoms with E-state index in [1.54, 1.807) is 11.3 Å². The van der Waals surface area contributed by atoms with Crippen LogP contribution in [0.3, 0.4) is 0 Å². The summed E-state index contributed by atoms with van der Waals surface area (Å²) in [5.74, 6) is 0.675. The fourth-order valence-electron chi connectivity index (χ4n) is 2.82. The van der Waals surface area contributed by atoms with Crippen molar-refractivity contribution < 1.29 is 0 Å². The molecule has 0 aliphatic carbocycles. The van der Waals surface area contributed by atoms with Crippen LogP contribution in [0.15, 0.2) is 41.0 Å². The topological polar surface area (TPSA) is 74.8 Å². The van der Waals surface area contributed by atoms with Gasteiger partial charge in [0.25, 0.3) is 5.56 Å². The van der Waals surface area contributed by atoms with Gasteiger partial charge in [-0.15, -0.1) is 11.3 Å². The van der Waals surface area contributed by atoms with Gasteiger partial charge in [-0.1, -0.05) is 6.07 Å². The summed E-state index contributed by atoms with van der Waals surface area (Å²) in [6.45, 7) is 2.23. The molecule has 1 N–H and O–H groups in total. The normalized spacial score (nSPS) is 14.6. The second kappa shape index (κ2) is 6.02. The Morgan fingerprint density at radius 1 is 1.30 bits per heavy atom. The number of hydrogen-bond donors (Lipinski definition) is 1. The summed E-state index contributed by atoms with van der Waals surface area (Å²) in [5, 5.41) is 1.98. The van der Waals surface area contributed by atoms with E-state index in [1.165, 1.54) is 6.33 Å². The maximum Gasteiger partial charge on any atom is 0.255 e. The van der Waals surface area contributed by atoms with Gasteiger partial charge in [-0.25, -0.2) is 15.0 Å². The number of nitrogens with one attached hydrogen (secondary N) is 1. The van der Waals surface area contributed by atoms with Crippen LogP contribution < -0.4 is 5.56 Å². The van der Waals surface area contributed by atoms with Crippen LogP contribution in [0.4, 0.5) is 0 Å². The van der Waals surface area contributed by atoms with Gasteiger partial charge in [0.15, 0.2) is 5.82 Å². The Bertz CT molecular complexity index is 860. The number of aromatic amines is 1. The third-order valence-electron chi connectivity index (χ3n) is 3.92. The van der Waals surface area contributed by atoms with Crippen molar-refractivity contribution in [3.05, 3.63) is 63.4 Å². The first-order valence-corrected chi connectivity index (χ1v) is 8.30. The number of fused-ring (bicyclic) bond motifs is 1. The van der Waals surface area contributed by atoms with E-state index in [-0.39, 0.29) is 5.56 Å². The summed E-state index contributed by atoms with van der Waals surface area (Å²) in [6, 6.07) is 3.93. The van der Waals surface area contributed by atoms with Crippen LogP contribution in [-0.2, 0) is 19.5 Å². The molecule has 3 aromatic heterocycles. The van der Waals surface area contributed by atoms with Crippen molar-refractivity contribution in [2.24, 2.45) is 0 Å². The van der Waals surface area contributed by atoms with Crippen molar-refractivity contribution in [1.29, 1.82) is 0 Å². The Hall–Kier alpha value is -2.38. The largest absolute Gasteiger partial charge is 0.306 e. The maximum atomic E-state index is 12.4. The van der Waals surface area contributed by atoms with E-state index in [0.29, 0.717) is 12.4 Å². The minimum Gasteiger partial charge on any atom is -0.306 e. The molecule has 0 bridgehead atoms. The van der Waals surface area contributed by atoms with Crippen LogP contribution in [-0.4, -0.2) is 31.4 Å². The van der Waals surface area contributed by atoms with Crippen molar-refractivity contribution in [2.45, 2.75) is 19.5 Å². The predicted molar refractivity (Wildman–Crippen MR) is 88.0 cm³/mol. The van der Waals surface area contributed by atoms with Crippen LogP contribution in [0.1, 0.15) is 16.8 Å². The predicted octanol–water partition coefficient (Wildman–Crippen LogP) is 1.85. The van der Waals surface area contributed by atoms with Gasteiger partial charge >= 0.3 is 0 Å². The second-order valence-corrected chi connectivity index (χ2v) is 6.47. The van der Waals surface area contributed by atoms with Gasteiger partial charge in [-0.05, 0) is 11.4 Å². The van der Waals surface area contributed by atoms with Crippen molar-refractivity contribution in [1.82, 2.24) is 24.8 Å². The highest BCUT2D eigenvalue weighted by Gasteiger charge is 2.21. The van der Waals surface area contributed by atoms with Gasteiger partial charge in [0.05, 0.1) is 16.1 Å². The maximum absolute atomic E-state index is 12.4. The number of nitrogens with zero attached hydrogens (tertiary/aromatic N) is 4. The van der Waals surface area contributed by atoms with Crippen molar-refractivity contribution >= 4 is 11.3 Å². The van der Waals surface area contributed by atoms with Gasteiger partial charge in [-0.2, -0.15) is 0 Å². The molecule has 0 spiro atoms. The minimum atomic E-state index is -0.0348. The van der Waals surface area contributed by atoms with E-state index in [2.05, 4.69) is 24.8 Å². The molecule has 0 fully saturated rings. The lowest BCUT2D eigenvalue weighted by atomic mass is 10.1. The molecule has 0 saturated carbocycles. The van der Waals surface area contributed by atoms with Crippen LogP contribution in [0.25, 0.3) is 10.7 Å². The van der Waals surface area contributed by atoms with Crippen molar-refractivity contribution in [3.8, 4) is 10.7 Å². The van der Waals surface area contributed by atoms with Gasteiger partial charge in [-0.3, -0.25) is 9.69 Å². The molecular weight excluding hydrogens is 310 g/mol. The van der Waals surface area contributed by atoms with E-state index in [9.17, 15) is 4.79 Å². The average molecular weight is 325 g/mol. The zero-order chi connectivity index (χ0) is 15.6. The molecule has 3 aromatic rings. The third kappa shape index (κ3) is 2.93. The highest BCUT2D eigenvalue weighted by Crippen LogP contribution is 2.22. The van der Waals surface area contributed by atoms with Gasteiger partial charge < -0.3 is 4.98 Å². The zero-order valence-corrected chi connectivity index (χ0v) is 13.2. The quantitative estimate of drug-likeness (QED) is 0.795. The molecule has 0 unspecified atom stereocenters. The van der Waals surface area contributed by atoms with Gasteiger partial charge in [0.2, 0.25) is 0 Å². The van der Waals surface area contributed by atoms with E-state index >= 15 is 0 Å². The molecule has 116 valence electrons. The van der Waals surface area contributed by atoms with Gasteiger partial charge in [0, 0.05) is 44.0 Å². The lowest BCUT2D eigenvalue weighted by Crippen LogP contribution is -2.35. The summed E-state index contributed by atoms with van der Waals surface area (Å²) in [5.41, 5.74) is 2.70. The van der Waals surface area contributed by atoms with Crippen molar-refractivity contribution in [2.75, 3.05) is 6.54 Å². The molecule has 7 heteroatoms. The Morgan fingerprint density at radius 2 is 2.17 bits per heavy atom. The molecule has 0 saturated heterocycles. The summed E-state index contributed by atoms with van der Waals surface area (Å²) < 4.78 is 0. The molecule has 4 rings (SSSR count). The number of rotatable bonds is 3. The van der Waals surface area contributed by atoms with Gasteiger partial charge in [0.1, 0.15) is 6.33 Å². The molecule has 0 aromatic carbocycles. The molecule has 1 aliphatic heterocycles. The molecule has 0 amide bonds. The van der Waals surface area contributed by atoms with E-state index in [1.807, 2.05) is 29.9 Å². The number of hydrogen-bond acceptors (Lipinski definition) is 6. The lowest BCUT2D eigenvalue weighted by molar-refractivity contribution is 0.241. The highest BCUT2D eigenvalue weighted by molar-refractivity contribution is 7.13. The first-order valence-electron chi connectivity index (χ1n) is 7.42. The number of thiophene rings is 1. The average Bonchev–Trinajstić information content (AvgIpc) is 3.11. The second-order valence-electron chi connectivity index (χ2n) is 5.52. The number of H-pyrrole nitrogens is 1. The Morgan fingerprint density at radius 3 is 2.96 bits per heavy atom. The molecule has 0 atom stereocenters. The molecule has 1 aliphatic rings. The zero-order valence-electron chi connectivity index (χ0n) is 12.4. The fraction of sp³-hybridized carbons (Fsp3) is 0.250. The minimum absolute atomic E-state index is 0.0348. The molecule has 4 heterocycles. The standard InChI is InChI=1S/C16H15N5OS/c22-16-12-9-21(8-11-6-17-10-18-7-11)4-3-13(12)19-15(20-16)14-2-1-5-23-14/h1-2,5-7,10H,3-4,8-9H2,(H,19,20,22). The van der Waals surface area contributed by atoms with Crippen LogP contribution in [0.5, 0.6) is 0 Å². The third-order valence-corrected chi connectivity index (χ3v) is 4.80. The summed E-state index contributed by atoms with van der Waals surface area (Å²) in [6.07, 6.45) is 5.93. The lowest BCUT2D eigenvalue weighted by Gasteiger charge is -2.27. The summed E-state index contributed by atoms with van der Waals surface area (Å²) in [7, 11) is 0. The Labute approximate surface area is 136 Å². The first-order chi connectivity index (χ1) is 11.3.